The van der Waals surface area contributed by atoms with Crippen molar-refractivity contribution in [1.82, 2.24) is 10.1 Å². The molecule has 1 aromatic heterocycles. The fraction of sp³-hybridized carbons (Fsp3) is 0.0357. The molecular formula is C28H21FN4O5S. The summed E-state index contributed by atoms with van der Waals surface area (Å²) >= 11 is 0. The number of carbonyl (C=O) groups excluding carboxylic acids is 1. The van der Waals surface area contributed by atoms with Crippen molar-refractivity contribution in [2.24, 2.45) is 0 Å². The molecule has 0 spiro atoms. The first kappa shape index (κ1) is 25.6. The third-order valence-electron chi connectivity index (χ3n) is 5.85. The lowest BCUT2D eigenvalue weighted by atomic mass is 9.98. The van der Waals surface area contributed by atoms with E-state index in [1.54, 1.807) is 31.2 Å². The van der Waals surface area contributed by atoms with Crippen LogP contribution in [0.3, 0.4) is 0 Å². The maximum atomic E-state index is 13.3. The van der Waals surface area contributed by atoms with Crippen molar-refractivity contribution in [2.45, 2.75) is 6.92 Å². The fourth-order valence-corrected chi connectivity index (χ4v) is 4.68. The highest BCUT2D eigenvalue weighted by Gasteiger charge is 2.18. The maximum absolute atomic E-state index is 13.3. The van der Waals surface area contributed by atoms with Gasteiger partial charge in [0.25, 0.3) is 5.91 Å². The summed E-state index contributed by atoms with van der Waals surface area (Å²) in [6.45, 7) is 1.71. The molecule has 1 amide bonds. The van der Waals surface area contributed by atoms with Crippen LogP contribution in [0.2, 0.25) is 0 Å². The van der Waals surface area contributed by atoms with Crippen LogP contribution in [0, 0.1) is 12.7 Å². The summed E-state index contributed by atoms with van der Waals surface area (Å²) < 4.78 is 43.3. The van der Waals surface area contributed by atoms with Gasteiger partial charge in [-0.25, -0.2) is 17.1 Å². The highest BCUT2D eigenvalue weighted by atomic mass is 32.2. The number of aromatic hydroxyl groups is 1. The summed E-state index contributed by atoms with van der Waals surface area (Å²) in [6.07, 6.45) is 0. The molecule has 4 aromatic carbocycles. The highest BCUT2D eigenvalue weighted by molar-refractivity contribution is 7.74. The predicted octanol–water partition coefficient (Wildman–Crippen LogP) is 5.47. The average Bonchev–Trinajstić information content (AvgIpc) is 3.37. The molecule has 0 aliphatic carbocycles. The minimum atomic E-state index is -3.24. The Balaban J connectivity index is 1.39. The molecule has 0 aliphatic heterocycles. The van der Waals surface area contributed by atoms with Gasteiger partial charge in [-0.3, -0.25) is 4.79 Å². The number of aryl methyl sites for hydroxylation is 1. The number of anilines is 3. The lowest BCUT2D eigenvalue weighted by Crippen LogP contribution is -2.16. The second-order valence-electron chi connectivity index (χ2n) is 8.44. The zero-order valence-electron chi connectivity index (χ0n) is 20.4. The van der Waals surface area contributed by atoms with Crippen LogP contribution in [0.5, 0.6) is 5.75 Å². The van der Waals surface area contributed by atoms with Gasteiger partial charge < -0.3 is 14.9 Å². The minimum Gasteiger partial charge on any atom is -0.506 e. The van der Waals surface area contributed by atoms with E-state index in [1.165, 1.54) is 30.3 Å². The third-order valence-corrected chi connectivity index (χ3v) is 6.62. The van der Waals surface area contributed by atoms with Crippen molar-refractivity contribution in [1.29, 1.82) is 0 Å². The first-order valence-corrected chi connectivity index (χ1v) is 12.8. The number of phenols is 1. The molecule has 5 aromatic rings. The molecule has 0 bridgehead atoms. The van der Waals surface area contributed by atoms with E-state index in [4.69, 9.17) is 4.52 Å². The van der Waals surface area contributed by atoms with Crippen LogP contribution < -0.4 is 9.62 Å². The minimum absolute atomic E-state index is 0.0980. The zero-order valence-corrected chi connectivity index (χ0v) is 21.3. The van der Waals surface area contributed by atoms with Gasteiger partial charge in [-0.15, -0.1) is 0 Å². The highest BCUT2D eigenvalue weighted by Crippen LogP contribution is 2.36. The summed E-state index contributed by atoms with van der Waals surface area (Å²) in [5.41, 5.74) is 3.11. The van der Waals surface area contributed by atoms with Gasteiger partial charge in [0.15, 0.2) is 0 Å². The van der Waals surface area contributed by atoms with E-state index in [1.807, 2.05) is 24.3 Å². The first-order valence-electron chi connectivity index (χ1n) is 11.6. The lowest BCUT2D eigenvalue weighted by Gasteiger charge is -2.20. The Kier molecular flexibility index (Phi) is 7.06. The Bertz CT molecular complexity index is 1730. The summed E-state index contributed by atoms with van der Waals surface area (Å²) in [7, 11) is -3.24. The smallest absolute Gasteiger partial charge is 0.255 e. The Morgan fingerprint density at radius 3 is 2.28 bits per heavy atom. The quantitative estimate of drug-likeness (QED) is 0.183. The van der Waals surface area contributed by atoms with Gasteiger partial charge in [-0.2, -0.15) is 4.98 Å². The molecule has 0 saturated carbocycles. The Morgan fingerprint density at radius 2 is 1.64 bits per heavy atom. The number of halogens is 1. The van der Waals surface area contributed by atoms with Crippen molar-refractivity contribution in [2.75, 3.05) is 9.62 Å². The van der Waals surface area contributed by atoms with Crippen molar-refractivity contribution in [3.8, 4) is 28.3 Å². The van der Waals surface area contributed by atoms with Gasteiger partial charge in [0.1, 0.15) is 17.3 Å². The number of rotatable bonds is 7. The van der Waals surface area contributed by atoms with Crippen LogP contribution >= 0.6 is 0 Å². The summed E-state index contributed by atoms with van der Waals surface area (Å²) in [5, 5.41) is 17.1. The Morgan fingerprint density at radius 1 is 0.949 bits per heavy atom. The number of phenolic OH excluding ortho intramolecular Hbond substituents is 1. The number of nitrogens with zero attached hydrogens (tertiary/aromatic N) is 3. The number of aromatic nitrogens is 2. The molecule has 0 radical (unpaired) electrons. The molecule has 196 valence electrons. The standard InChI is InChI=1S/C28H21FN4O5S/c1-17-30-27(32-38-17)24-5-3-2-4-23(24)18-6-8-19(9-7-18)28(35)31-21-12-15-26(34)25(16-21)33(39(36)37)22-13-10-20(29)11-14-22/h2-16,34,39H,1H3,(H,31,35). The van der Waals surface area contributed by atoms with E-state index in [2.05, 4.69) is 15.5 Å². The van der Waals surface area contributed by atoms with E-state index in [9.17, 15) is 22.7 Å². The van der Waals surface area contributed by atoms with E-state index in [0.717, 1.165) is 33.1 Å². The van der Waals surface area contributed by atoms with Gasteiger partial charge in [-0.1, -0.05) is 41.6 Å². The van der Waals surface area contributed by atoms with Gasteiger partial charge >= 0.3 is 0 Å². The molecule has 0 atom stereocenters. The molecule has 39 heavy (non-hydrogen) atoms. The first-order chi connectivity index (χ1) is 18.8. The number of benzene rings is 4. The summed E-state index contributed by atoms with van der Waals surface area (Å²) in [5.74, 6) is -0.407. The SMILES string of the molecule is Cc1nc(-c2ccccc2-c2ccc(C(=O)Nc3ccc(O)c(N(c4ccc(F)cc4)[SH](=O)=O)c3)cc2)no1. The summed E-state index contributed by atoms with van der Waals surface area (Å²) in [6, 6.07) is 23.2. The number of hydrogen-bond acceptors (Lipinski definition) is 7. The molecule has 0 aliphatic rings. The van der Waals surface area contributed by atoms with Crippen LogP contribution in [-0.2, 0) is 10.9 Å². The molecule has 9 nitrogen and oxygen atoms in total. The number of nitrogens with one attached hydrogen (secondary N) is 1. The molecule has 5 rings (SSSR count). The van der Waals surface area contributed by atoms with Crippen molar-refractivity contribution < 1.29 is 27.2 Å². The molecule has 0 saturated heterocycles. The van der Waals surface area contributed by atoms with E-state index in [0.29, 0.717) is 17.3 Å². The molecule has 0 fully saturated rings. The van der Waals surface area contributed by atoms with Crippen LogP contribution in [0.15, 0.2) is 95.5 Å². The lowest BCUT2D eigenvalue weighted by molar-refractivity contribution is 0.102. The van der Waals surface area contributed by atoms with Gasteiger partial charge in [0.05, 0.1) is 5.69 Å². The second kappa shape index (κ2) is 10.8. The average molecular weight is 545 g/mol. The number of thiol groups is 1. The third kappa shape index (κ3) is 5.48. The molecular weight excluding hydrogens is 523 g/mol. The van der Waals surface area contributed by atoms with Crippen LogP contribution in [0.1, 0.15) is 16.2 Å². The monoisotopic (exact) mass is 544 g/mol. The molecule has 0 unspecified atom stereocenters. The normalized spacial score (nSPS) is 10.9. The van der Waals surface area contributed by atoms with Crippen molar-refractivity contribution in [3.63, 3.8) is 0 Å². The van der Waals surface area contributed by atoms with Crippen LogP contribution in [0.25, 0.3) is 22.5 Å². The maximum Gasteiger partial charge on any atom is 0.255 e. The van der Waals surface area contributed by atoms with Crippen molar-refractivity contribution >= 4 is 33.9 Å². The molecule has 11 heteroatoms. The van der Waals surface area contributed by atoms with Crippen LogP contribution in [-0.4, -0.2) is 29.6 Å². The zero-order chi connectivity index (χ0) is 27.5. The van der Waals surface area contributed by atoms with Gasteiger partial charge in [0.2, 0.25) is 22.6 Å². The van der Waals surface area contributed by atoms with E-state index < -0.39 is 22.6 Å². The molecule has 1 heterocycles. The second-order valence-corrected chi connectivity index (χ2v) is 9.32. The van der Waals surface area contributed by atoms with Crippen LogP contribution in [0.4, 0.5) is 21.5 Å². The number of hydrogen-bond donors (Lipinski definition) is 3. The largest absolute Gasteiger partial charge is 0.506 e. The van der Waals surface area contributed by atoms with E-state index >= 15 is 0 Å². The number of carbonyl (C=O) groups is 1. The summed E-state index contributed by atoms with van der Waals surface area (Å²) in [4.78, 5) is 17.3. The number of amides is 1. The topological polar surface area (TPSA) is 126 Å². The predicted molar refractivity (Wildman–Crippen MR) is 145 cm³/mol. The fourth-order valence-electron chi connectivity index (χ4n) is 4.02. The van der Waals surface area contributed by atoms with Crippen molar-refractivity contribution in [3.05, 3.63) is 108 Å². The van der Waals surface area contributed by atoms with Gasteiger partial charge in [-0.05, 0) is 65.7 Å². The van der Waals surface area contributed by atoms with Gasteiger partial charge in [0, 0.05) is 23.7 Å². The Labute approximate surface area is 224 Å². The Hall–Kier alpha value is -5.03. The molecule has 2 N–H and O–H groups in total. The van der Waals surface area contributed by atoms with E-state index in [-0.39, 0.29) is 22.8 Å².